The molecule has 1 aromatic carbocycles. The van der Waals surface area contributed by atoms with Crippen molar-refractivity contribution >= 4 is 22.9 Å². The molecule has 0 fully saturated rings. The molecule has 2 aromatic rings. The Kier molecular flexibility index (Phi) is 4.61. The number of halogens is 2. The Bertz CT molecular complexity index is 560. The van der Waals surface area contributed by atoms with E-state index >= 15 is 0 Å². The average Bonchev–Trinajstić information content (AvgIpc) is 2.71. The summed E-state index contributed by atoms with van der Waals surface area (Å²) in [6, 6.07) is 7.44. The van der Waals surface area contributed by atoms with E-state index in [2.05, 4.69) is 25.2 Å². The zero-order chi connectivity index (χ0) is 14.0. The quantitative estimate of drug-likeness (QED) is 0.865. The van der Waals surface area contributed by atoms with Gasteiger partial charge in [0.1, 0.15) is 5.82 Å². The molecule has 1 N–H and O–H groups in total. The Morgan fingerprint density at radius 2 is 2.11 bits per heavy atom. The predicted molar refractivity (Wildman–Crippen MR) is 80.7 cm³/mol. The number of hydrogen-bond acceptors (Lipinski definition) is 2. The monoisotopic (exact) mass is 297 g/mol. The molecule has 1 unspecified atom stereocenters. The third kappa shape index (κ3) is 3.16. The molecule has 0 spiro atoms. The maximum Gasteiger partial charge on any atom is 0.145 e. The van der Waals surface area contributed by atoms with Crippen molar-refractivity contribution in [1.82, 2.24) is 5.32 Å². The maximum atomic E-state index is 13.9. The number of hydrogen-bond donors (Lipinski definition) is 1. The zero-order valence-electron chi connectivity index (χ0n) is 11.3. The molecular weight excluding hydrogens is 281 g/mol. The van der Waals surface area contributed by atoms with Crippen LogP contribution in [0.1, 0.15) is 26.9 Å². The molecule has 0 bridgehead atoms. The van der Waals surface area contributed by atoms with E-state index in [4.69, 9.17) is 11.6 Å². The van der Waals surface area contributed by atoms with E-state index in [1.165, 1.54) is 15.3 Å². The highest BCUT2D eigenvalue weighted by Crippen LogP contribution is 2.30. The lowest BCUT2D eigenvalue weighted by molar-refractivity contribution is 0.560. The Morgan fingerprint density at radius 1 is 1.37 bits per heavy atom. The van der Waals surface area contributed by atoms with Gasteiger partial charge >= 0.3 is 0 Å². The van der Waals surface area contributed by atoms with Crippen molar-refractivity contribution in [3.63, 3.8) is 0 Å². The van der Waals surface area contributed by atoms with E-state index in [0.29, 0.717) is 12.0 Å². The minimum absolute atomic E-state index is 0.116. The topological polar surface area (TPSA) is 12.0 Å². The molecule has 0 saturated carbocycles. The summed E-state index contributed by atoms with van der Waals surface area (Å²) in [7, 11) is 1.90. The fraction of sp³-hybridized carbons (Fsp3) is 0.333. The van der Waals surface area contributed by atoms with Crippen LogP contribution < -0.4 is 5.32 Å². The lowest BCUT2D eigenvalue weighted by Gasteiger charge is -2.15. The normalized spacial score (nSPS) is 12.7. The van der Waals surface area contributed by atoms with Gasteiger partial charge in [0.2, 0.25) is 0 Å². The van der Waals surface area contributed by atoms with Gasteiger partial charge in [-0.3, -0.25) is 0 Å². The molecule has 2 rings (SSSR count). The lowest BCUT2D eigenvalue weighted by atomic mass is 10.0. The summed E-state index contributed by atoms with van der Waals surface area (Å²) in [5.74, 6) is -0.311. The van der Waals surface area contributed by atoms with Gasteiger partial charge in [-0.2, -0.15) is 0 Å². The Labute approximate surface area is 122 Å². The Balaban J connectivity index is 2.26. The van der Waals surface area contributed by atoms with Gasteiger partial charge in [-0.1, -0.05) is 23.7 Å². The lowest BCUT2D eigenvalue weighted by Crippen LogP contribution is -2.18. The molecule has 0 aliphatic heterocycles. The van der Waals surface area contributed by atoms with Crippen LogP contribution in [0.3, 0.4) is 0 Å². The maximum absolute atomic E-state index is 13.9. The summed E-state index contributed by atoms with van der Waals surface area (Å²) in [5.41, 5.74) is 1.93. The van der Waals surface area contributed by atoms with Gasteiger partial charge in [-0.15, -0.1) is 11.3 Å². The number of benzene rings is 1. The fourth-order valence-corrected chi connectivity index (χ4v) is 3.39. The number of likely N-dealkylation sites (N-methyl/N-ethyl adjacent to an activating group) is 1. The molecule has 0 aliphatic carbocycles. The standard InChI is InChI=1S/C15H17ClFNS/c1-9-7-14(19-10(9)2)13(18-3)8-11-5-4-6-12(16)15(11)17/h4-7,13,18H,8H2,1-3H3. The van der Waals surface area contributed by atoms with Crippen LogP contribution in [-0.4, -0.2) is 7.05 Å². The van der Waals surface area contributed by atoms with Crippen LogP contribution >= 0.6 is 22.9 Å². The second kappa shape index (κ2) is 6.04. The van der Waals surface area contributed by atoms with Crippen molar-refractivity contribution in [3.8, 4) is 0 Å². The highest BCUT2D eigenvalue weighted by Gasteiger charge is 2.16. The van der Waals surface area contributed by atoms with Gasteiger partial charge < -0.3 is 5.32 Å². The minimum Gasteiger partial charge on any atom is -0.312 e. The molecule has 0 radical (unpaired) electrons. The summed E-state index contributed by atoms with van der Waals surface area (Å²) in [6.07, 6.45) is 0.599. The largest absolute Gasteiger partial charge is 0.312 e. The van der Waals surface area contributed by atoms with E-state index in [-0.39, 0.29) is 16.9 Å². The highest BCUT2D eigenvalue weighted by atomic mass is 35.5. The van der Waals surface area contributed by atoms with Crippen molar-refractivity contribution in [1.29, 1.82) is 0 Å². The predicted octanol–water partition coefficient (Wildman–Crippen LogP) is 4.66. The first kappa shape index (κ1) is 14.5. The van der Waals surface area contributed by atoms with Gasteiger partial charge in [0.25, 0.3) is 0 Å². The van der Waals surface area contributed by atoms with Crippen LogP contribution in [0, 0.1) is 19.7 Å². The summed E-state index contributed by atoms with van der Waals surface area (Å²) in [5, 5.41) is 3.44. The van der Waals surface area contributed by atoms with E-state index in [9.17, 15) is 4.39 Å². The first-order valence-corrected chi connectivity index (χ1v) is 7.39. The van der Waals surface area contributed by atoms with Gasteiger partial charge in [0.05, 0.1) is 5.02 Å². The SMILES string of the molecule is CNC(Cc1cccc(Cl)c1F)c1cc(C)c(C)s1. The van der Waals surface area contributed by atoms with Gasteiger partial charge in [0.15, 0.2) is 0 Å². The van der Waals surface area contributed by atoms with Crippen LogP contribution in [-0.2, 0) is 6.42 Å². The number of thiophene rings is 1. The number of nitrogens with one attached hydrogen (secondary N) is 1. The Hall–Kier alpha value is -0.900. The molecular formula is C15H17ClFNS. The van der Waals surface area contributed by atoms with Crippen LogP contribution in [0.15, 0.2) is 24.3 Å². The van der Waals surface area contributed by atoms with Gasteiger partial charge in [-0.05, 0) is 50.6 Å². The molecule has 102 valence electrons. The van der Waals surface area contributed by atoms with Crippen molar-refractivity contribution in [2.45, 2.75) is 26.3 Å². The fourth-order valence-electron chi connectivity index (χ4n) is 2.04. The van der Waals surface area contributed by atoms with Crippen molar-refractivity contribution in [3.05, 3.63) is 56.0 Å². The molecule has 1 nitrogen and oxygen atoms in total. The number of aryl methyl sites for hydroxylation is 2. The summed E-state index contributed by atoms with van der Waals surface area (Å²) < 4.78 is 13.9. The molecule has 1 atom stereocenters. The van der Waals surface area contributed by atoms with E-state index in [1.54, 1.807) is 29.5 Å². The highest BCUT2D eigenvalue weighted by molar-refractivity contribution is 7.12. The average molecular weight is 298 g/mol. The Morgan fingerprint density at radius 3 is 2.68 bits per heavy atom. The first-order valence-electron chi connectivity index (χ1n) is 6.20. The first-order chi connectivity index (χ1) is 9.02. The second-order valence-corrected chi connectivity index (χ2v) is 6.34. The molecule has 0 saturated heterocycles. The summed E-state index contributed by atoms with van der Waals surface area (Å²) in [4.78, 5) is 2.54. The van der Waals surface area contributed by atoms with Crippen LogP contribution in [0.2, 0.25) is 5.02 Å². The minimum atomic E-state index is -0.311. The van der Waals surface area contributed by atoms with E-state index < -0.39 is 0 Å². The number of rotatable bonds is 4. The summed E-state index contributed by atoms with van der Waals surface area (Å²) >= 11 is 7.58. The molecule has 19 heavy (non-hydrogen) atoms. The second-order valence-electron chi connectivity index (χ2n) is 4.65. The third-order valence-corrected chi connectivity index (χ3v) is 4.89. The van der Waals surface area contributed by atoms with Crippen LogP contribution in [0.4, 0.5) is 4.39 Å². The van der Waals surface area contributed by atoms with Gasteiger partial charge in [0, 0.05) is 15.8 Å². The molecule has 0 amide bonds. The molecule has 1 aromatic heterocycles. The smallest absolute Gasteiger partial charge is 0.145 e. The molecule has 0 aliphatic rings. The zero-order valence-corrected chi connectivity index (χ0v) is 12.8. The van der Waals surface area contributed by atoms with Crippen LogP contribution in [0.25, 0.3) is 0 Å². The van der Waals surface area contributed by atoms with Crippen molar-refractivity contribution < 1.29 is 4.39 Å². The van der Waals surface area contributed by atoms with E-state index in [0.717, 1.165) is 0 Å². The van der Waals surface area contributed by atoms with Crippen molar-refractivity contribution in [2.75, 3.05) is 7.05 Å². The van der Waals surface area contributed by atoms with Gasteiger partial charge in [-0.25, -0.2) is 4.39 Å². The molecule has 4 heteroatoms. The van der Waals surface area contributed by atoms with Crippen LogP contribution in [0.5, 0.6) is 0 Å². The summed E-state index contributed by atoms with van der Waals surface area (Å²) in [6.45, 7) is 4.21. The van der Waals surface area contributed by atoms with Crippen molar-refractivity contribution in [2.24, 2.45) is 0 Å². The molecule has 1 heterocycles. The van der Waals surface area contributed by atoms with E-state index in [1.807, 2.05) is 7.05 Å². The third-order valence-electron chi connectivity index (χ3n) is 3.33.